The summed E-state index contributed by atoms with van der Waals surface area (Å²) in [5.74, 6) is -1.36. The second kappa shape index (κ2) is 7.44. The molecular weight excluding hydrogens is 472 g/mol. The first-order valence-corrected chi connectivity index (χ1v) is 11.4. The van der Waals surface area contributed by atoms with Gasteiger partial charge in [0.05, 0.1) is 16.6 Å². The van der Waals surface area contributed by atoms with Crippen molar-refractivity contribution in [2.24, 2.45) is 5.41 Å². The molecule has 1 spiro atoms. The van der Waals surface area contributed by atoms with Crippen molar-refractivity contribution in [1.29, 1.82) is 0 Å². The minimum atomic E-state index is -3.95. The van der Waals surface area contributed by atoms with E-state index in [1.54, 1.807) is 20.8 Å². The van der Waals surface area contributed by atoms with Gasteiger partial charge in [0, 0.05) is 17.5 Å². The maximum atomic E-state index is 14.5. The maximum absolute atomic E-state index is 14.5. The monoisotopic (exact) mass is 495 g/mol. The van der Waals surface area contributed by atoms with Crippen molar-refractivity contribution in [3.05, 3.63) is 33.8 Å². The molecule has 1 amide bonds. The molecule has 1 aromatic rings. The van der Waals surface area contributed by atoms with Crippen LogP contribution >= 0.6 is 15.9 Å². The van der Waals surface area contributed by atoms with E-state index in [1.165, 1.54) is 0 Å². The summed E-state index contributed by atoms with van der Waals surface area (Å²) in [4.78, 5) is 13.0. The second-order valence-corrected chi connectivity index (χ2v) is 11.2. The molecule has 0 bridgehead atoms. The van der Waals surface area contributed by atoms with Crippen molar-refractivity contribution in [1.82, 2.24) is 14.3 Å². The number of hydrogen-bond donors (Lipinski definition) is 3. The highest BCUT2D eigenvalue weighted by atomic mass is 79.9. The Morgan fingerprint density at radius 3 is 2.48 bits per heavy atom. The van der Waals surface area contributed by atoms with Crippen LogP contribution in [-0.4, -0.2) is 48.7 Å². The number of benzene rings is 1. The van der Waals surface area contributed by atoms with Crippen molar-refractivity contribution < 1.29 is 27.1 Å². The summed E-state index contributed by atoms with van der Waals surface area (Å²) in [7, 11) is -3.95. The lowest BCUT2D eigenvalue weighted by molar-refractivity contribution is 0.136. The Morgan fingerprint density at radius 1 is 1.34 bits per heavy atom. The molecule has 1 heterocycles. The van der Waals surface area contributed by atoms with E-state index in [-0.39, 0.29) is 23.0 Å². The third-order valence-corrected chi connectivity index (χ3v) is 7.31. The SMILES string of the molecule is CC(C)(C)NS(=O)(=O)N[C@@H]1[C@H](Cc2cc(F)cc(Br)c2F)N(C(=O)O)CC12CC2. The van der Waals surface area contributed by atoms with Gasteiger partial charge in [-0.15, -0.1) is 0 Å². The molecule has 7 nitrogen and oxygen atoms in total. The van der Waals surface area contributed by atoms with Crippen LogP contribution < -0.4 is 9.44 Å². The van der Waals surface area contributed by atoms with Crippen molar-refractivity contribution >= 4 is 32.2 Å². The molecule has 11 heteroatoms. The van der Waals surface area contributed by atoms with Crippen LogP contribution in [0.4, 0.5) is 13.6 Å². The quantitative estimate of drug-likeness (QED) is 0.546. The summed E-state index contributed by atoms with van der Waals surface area (Å²) in [6.07, 6.45) is -0.0575. The van der Waals surface area contributed by atoms with Gasteiger partial charge in [-0.3, -0.25) is 0 Å². The third kappa shape index (κ3) is 4.89. The number of carbonyl (C=O) groups is 1. The zero-order valence-electron chi connectivity index (χ0n) is 16.3. The van der Waals surface area contributed by atoms with Crippen molar-refractivity contribution in [3.8, 4) is 0 Å². The minimum absolute atomic E-state index is 0.0150. The Kier molecular flexibility index (Phi) is 5.74. The van der Waals surface area contributed by atoms with E-state index in [1.807, 2.05) is 0 Å². The number of carboxylic acid groups (broad SMARTS) is 1. The van der Waals surface area contributed by atoms with Gasteiger partial charge in [0.1, 0.15) is 11.6 Å². The molecule has 1 saturated heterocycles. The van der Waals surface area contributed by atoms with Crippen molar-refractivity contribution in [2.75, 3.05) is 6.54 Å². The van der Waals surface area contributed by atoms with Crippen molar-refractivity contribution in [2.45, 2.75) is 57.7 Å². The lowest BCUT2D eigenvalue weighted by atomic mass is 9.92. The summed E-state index contributed by atoms with van der Waals surface area (Å²) < 4.78 is 58.6. The van der Waals surface area contributed by atoms with Gasteiger partial charge in [-0.25, -0.2) is 13.6 Å². The van der Waals surface area contributed by atoms with Gasteiger partial charge in [-0.1, -0.05) is 0 Å². The molecule has 162 valence electrons. The highest BCUT2D eigenvalue weighted by molar-refractivity contribution is 9.10. The molecule has 2 atom stereocenters. The second-order valence-electron chi connectivity index (χ2n) is 8.86. The average molecular weight is 496 g/mol. The van der Waals surface area contributed by atoms with Crippen LogP contribution in [0.1, 0.15) is 39.2 Å². The maximum Gasteiger partial charge on any atom is 0.407 e. The fourth-order valence-corrected chi connectivity index (χ4v) is 6.08. The Bertz CT molecular complexity index is 932. The largest absolute Gasteiger partial charge is 0.465 e. The summed E-state index contributed by atoms with van der Waals surface area (Å²) in [6, 6.07) is 0.379. The normalized spacial score (nSPS) is 23.6. The highest BCUT2D eigenvalue weighted by Crippen LogP contribution is 2.55. The number of rotatable bonds is 5. The fraction of sp³-hybridized carbons (Fsp3) is 0.611. The number of halogens is 3. The van der Waals surface area contributed by atoms with Gasteiger partial charge in [0.15, 0.2) is 0 Å². The zero-order valence-corrected chi connectivity index (χ0v) is 18.7. The predicted molar refractivity (Wildman–Crippen MR) is 107 cm³/mol. The molecule has 3 rings (SSSR count). The van der Waals surface area contributed by atoms with Gasteiger partial charge >= 0.3 is 6.09 Å². The first-order valence-electron chi connectivity index (χ1n) is 9.17. The van der Waals surface area contributed by atoms with Gasteiger partial charge in [-0.05, 0) is 73.7 Å². The van der Waals surface area contributed by atoms with Crippen LogP contribution in [0.25, 0.3) is 0 Å². The molecule has 0 unspecified atom stereocenters. The van der Waals surface area contributed by atoms with E-state index in [9.17, 15) is 27.1 Å². The molecule has 0 radical (unpaired) electrons. The summed E-state index contributed by atoms with van der Waals surface area (Å²) in [6.45, 7) is 5.21. The number of hydrogen-bond acceptors (Lipinski definition) is 3. The van der Waals surface area contributed by atoms with Gasteiger partial charge < -0.3 is 10.0 Å². The zero-order chi connectivity index (χ0) is 21.8. The standard InChI is InChI=1S/C18H24BrF2N3O4S/c1-17(2,3)23-29(27,28)22-15-13(24(16(25)26)9-18(15)4-5-18)7-10-6-11(20)8-12(19)14(10)21/h6,8,13,15,22-23H,4-5,7,9H2,1-3H3,(H,25,26)/t13-,15+/m0/s1. The van der Waals surface area contributed by atoms with Crippen molar-refractivity contribution in [3.63, 3.8) is 0 Å². The topological polar surface area (TPSA) is 98.7 Å². The fourth-order valence-electron chi connectivity index (χ4n) is 4.00. The smallest absolute Gasteiger partial charge is 0.407 e. The minimum Gasteiger partial charge on any atom is -0.465 e. The van der Waals surface area contributed by atoms with Crippen LogP contribution in [-0.2, 0) is 16.6 Å². The Hall–Kier alpha value is -1.30. The first-order chi connectivity index (χ1) is 13.2. The van der Waals surface area contributed by atoms with Crippen LogP contribution in [0.2, 0.25) is 0 Å². The lowest BCUT2D eigenvalue weighted by Crippen LogP contribution is -2.55. The molecule has 0 aromatic heterocycles. The lowest BCUT2D eigenvalue weighted by Gasteiger charge is -2.29. The van der Waals surface area contributed by atoms with Gasteiger partial charge in [-0.2, -0.15) is 17.9 Å². The molecule has 3 N–H and O–H groups in total. The summed E-state index contributed by atoms with van der Waals surface area (Å²) >= 11 is 2.96. The molecular formula is C18H24BrF2N3O4S. The highest BCUT2D eigenvalue weighted by Gasteiger charge is 2.61. The summed E-state index contributed by atoms with van der Waals surface area (Å²) in [5, 5.41) is 9.66. The number of amides is 1. The average Bonchev–Trinajstić information content (AvgIpc) is 3.25. The molecule has 29 heavy (non-hydrogen) atoms. The van der Waals surface area contributed by atoms with Crippen LogP contribution in [0, 0.1) is 17.0 Å². The Morgan fingerprint density at radius 2 is 1.97 bits per heavy atom. The molecule has 1 saturated carbocycles. The summed E-state index contributed by atoms with van der Waals surface area (Å²) in [5.41, 5.74) is -1.28. The molecule has 1 aromatic carbocycles. The van der Waals surface area contributed by atoms with Gasteiger partial charge in [0.2, 0.25) is 0 Å². The van der Waals surface area contributed by atoms with E-state index in [0.717, 1.165) is 17.0 Å². The molecule has 2 fully saturated rings. The van der Waals surface area contributed by atoms with Crippen LogP contribution in [0.15, 0.2) is 16.6 Å². The van der Waals surface area contributed by atoms with E-state index < -0.39 is 51.0 Å². The van der Waals surface area contributed by atoms with Crippen LogP contribution in [0.5, 0.6) is 0 Å². The number of nitrogens with one attached hydrogen (secondary N) is 2. The predicted octanol–water partition coefficient (Wildman–Crippen LogP) is 3.00. The number of nitrogens with zero attached hydrogens (tertiary/aromatic N) is 1. The van der Waals surface area contributed by atoms with E-state index in [4.69, 9.17) is 0 Å². The van der Waals surface area contributed by atoms with Gasteiger partial charge in [0.25, 0.3) is 10.2 Å². The molecule has 1 aliphatic carbocycles. The first kappa shape index (κ1) is 22.4. The van der Waals surface area contributed by atoms with E-state index in [0.29, 0.717) is 12.8 Å². The Balaban J connectivity index is 1.96. The number of likely N-dealkylation sites (tertiary alicyclic amines) is 1. The molecule has 1 aliphatic heterocycles. The molecule has 2 aliphatic rings. The van der Waals surface area contributed by atoms with E-state index >= 15 is 0 Å². The Labute approximate surface area is 177 Å². The van der Waals surface area contributed by atoms with E-state index in [2.05, 4.69) is 25.4 Å². The third-order valence-electron chi connectivity index (χ3n) is 5.29. The van der Waals surface area contributed by atoms with Crippen LogP contribution in [0.3, 0.4) is 0 Å².